The van der Waals surface area contributed by atoms with Crippen molar-refractivity contribution >= 4 is 29.2 Å². The second-order valence-corrected chi connectivity index (χ2v) is 12.2. The molecule has 0 spiro atoms. The summed E-state index contributed by atoms with van der Waals surface area (Å²) >= 11 is 0. The first-order valence-electron chi connectivity index (χ1n) is 16.3. The molecule has 0 radical (unpaired) electrons. The van der Waals surface area contributed by atoms with Crippen LogP contribution in [0.3, 0.4) is 0 Å². The number of ether oxygens (including phenoxy) is 3. The highest BCUT2D eigenvalue weighted by Gasteiger charge is 2.31. The fourth-order valence-electron chi connectivity index (χ4n) is 5.42. The second kappa shape index (κ2) is 17.5. The molecular weight excluding hydrogens is 614 g/mol. The van der Waals surface area contributed by atoms with Crippen molar-refractivity contribution in [2.45, 2.75) is 58.3 Å². The first-order chi connectivity index (χ1) is 23.1. The number of pyridine rings is 1. The van der Waals surface area contributed by atoms with Gasteiger partial charge in [-0.15, -0.1) is 0 Å². The van der Waals surface area contributed by atoms with Gasteiger partial charge in [0.05, 0.1) is 37.5 Å². The highest BCUT2D eigenvalue weighted by Crippen LogP contribution is 2.29. The van der Waals surface area contributed by atoms with E-state index in [4.69, 9.17) is 14.2 Å². The predicted molar refractivity (Wildman–Crippen MR) is 184 cm³/mol. The van der Waals surface area contributed by atoms with Crippen molar-refractivity contribution in [3.63, 3.8) is 0 Å². The Morgan fingerprint density at radius 3 is 2.46 bits per heavy atom. The summed E-state index contributed by atoms with van der Waals surface area (Å²) in [5.74, 6) is 0.173. The van der Waals surface area contributed by atoms with E-state index < -0.39 is 12.1 Å². The number of methoxy groups -OCH3 is 1. The molecule has 3 N–H and O–H groups in total. The number of nitrogens with one attached hydrogen (secondary N) is 2. The van der Waals surface area contributed by atoms with E-state index in [1.807, 2.05) is 13.8 Å². The number of aliphatic hydroxyl groups is 1. The Balaban J connectivity index is 1.58. The lowest BCUT2D eigenvalue weighted by molar-refractivity contribution is -0.0115. The van der Waals surface area contributed by atoms with Crippen molar-refractivity contribution in [2.24, 2.45) is 5.92 Å². The fraction of sp³-hybridized carbons (Fsp3) is 0.444. The topological polar surface area (TPSA) is 143 Å². The summed E-state index contributed by atoms with van der Waals surface area (Å²) in [6, 6.07) is 14.5. The Hall–Kier alpha value is -4.68. The number of amides is 4. The van der Waals surface area contributed by atoms with Crippen LogP contribution in [0, 0.1) is 5.92 Å². The minimum absolute atomic E-state index is 0.192. The highest BCUT2D eigenvalue weighted by molar-refractivity contribution is 6.05. The highest BCUT2D eigenvalue weighted by atomic mass is 16.5. The summed E-state index contributed by atoms with van der Waals surface area (Å²) in [5.41, 5.74) is 1.76. The third-order valence-corrected chi connectivity index (χ3v) is 8.39. The second-order valence-electron chi connectivity index (χ2n) is 12.2. The van der Waals surface area contributed by atoms with Crippen LogP contribution in [0.1, 0.15) is 60.7 Å². The summed E-state index contributed by atoms with van der Waals surface area (Å²) in [4.78, 5) is 47.5. The van der Waals surface area contributed by atoms with Gasteiger partial charge >= 0.3 is 6.03 Å². The average Bonchev–Trinajstić information content (AvgIpc) is 3.10. The van der Waals surface area contributed by atoms with Crippen molar-refractivity contribution < 1.29 is 33.7 Å². The van der Waals surface area contributed by atoms with Crippen LogP contribution in [0.25, 0.3) is 0 Å². The fourth-order valence-corrected chi connectivity index (χ4v) is 5.42. The third-order valence-electron chi connectivity index (χ3n) is 8.39. The van der Waals surface area contributed by atoms with Gasteiger partial charge in [0, 0.05) is 62.0 Å². The van der Waals surface area contributed by atoms with E-state index in [9.17, 15) is 19.5 Å². The number of anilines is 2. The van der Waals surface area contributed by atoms with E-state index >= 15 is 0 Å². The van der Waals surface area contributed by atoms with E-state index in [0.29, 0.717) is 35.0 Å². The molecular formula is C36H47N5O7. The summed E-state index contributed by atoms with van der Waals surface area (Å²) in [6.07, 6.45) is 4.85. The number of fused-ring (bicyclic) bond motifs is 1. The largest absolute Gasteiger partial charge is 0.497 e. The molecule has 4 rings (SSSR count). The van der Waals surface area contributed by atoms with E-state index in [1.54, 1.807) is 85.5 Å². The summed E-state index contributed by atoms with van der Waals surface area (Å²) in [6.45, 7) is 6.43. The van der Waals surface area contributed by atoms with Crippen LogP contribution in [0.5, 0.6) is 11.5 Å². The molecule has 0 aliphatic carbocycles. The first kappa shape index (κ1) is 36.2. The quantitative estimate of drug-likeness (QED) is 0.295. The number of carbonyl (C=O) groups is 3. The lowest BCUT2D eigenvalue weighted by Crippen LogP contribution is -2.48. The molecule has 0 bridgehead atoms. The molecule has 1 aromatic heterocycles. The molecule has 48 heavy (non-hydrogen) atoms. The molecule has 12 heteroatoms. The van der Waals surface area contributed by atoms with Gasteiger partial charge < -0.3 is 39.8 Å². The number of urea groups is 1. The van der Waals surface area contributed by atoms with Gasteiger partial charge in [0.15, 0.2) is 0 Å². The van der Waals surface area contributed by atoms with E-state index in [2.05, 4.69) is 15.6 Å². The summed E-state index contributed by atoms with van der Waals surface area (Å²) < 4.78 is 17.9. The zero-order valence-electron chi connectivity index (χ0n) is 28.3. The van der Waals surface area contributed by atoms with Gasteiger partial charge in [-0.2, -0.15) is 0 Å². The molecule has 4 atom stereocenters. The molecule has 2 aromatic carbocycles. The number of benzene rings is 2. The molecule has 0 unspecified atom stereocenters. The van der Waals surface area contributed by atoms with Crippen LogP contribution in [-0.4, -0.2) is 96.4 Å². The van der Waals surface area contributed by atoms with Gasteiger partial charge in [0.25, 0.3) is 11.8 Å². The summed E-state index contributed by atoms with van der Waals surface area (Å²) in [5, 5.41) is 16.0. The maximum atomic E-state index is 14.3. The Morgan fingerprint density at radius 1 is 1.06 bits per heavy atom. The minimum Gasteiger partial charge on any atom is -0.497 e. The number of aromatic nitrogens is 1. The van der Waals surface area contributed by atoms with Crippen molar-refractivity contribution in [3.8, 4) is 11.5 Å². The Bertz CT molecular complexity index is 1500. The van der Waals surface area contributed by atoms with Gasteiger partial charge in [0.2, 0.25) is 0 Å². The van der Waals surface area contributed by atoms with Crippen LogP contribution in [0.2, 0.25) is 0 Å². The van der Waals surface area contributed by atoms with Crippen molar-refractivity contribution in [1.29, 1.82) is 0 Å². The standard InChI is InChI=1S/C36H47N5O7/c1-24-21-41(25(2)23-42)35(44)31-20-29(38-34(43)27-15-17-37-18-16-27)11-14-32(31)48-26(3)8-6-7-19-47-33(24)22-40(4)36(45)39-28-9-12-30(46-5)13-10-28/h9-18,20,24-26,33,42H,6-8,19,21-23H2,1-5H3,(H,38,43)(H,39,45)/t24-,25-,26-,33+/m0/s1. The van der Waals surface area contributed by atoms with Gasteiger partial charge in [-0.1, -0.05) is 6.92 Å². The Morgan fingerprint density at radius 2 is 1.77 bits per heavy atom. The van der Waals surface area contributed by atoms with Crippen LogP contribution in [-0.2, 0) is 4.74 Å². The first-order valence-corrected chi connectivity index (χ1v) is 16.3. The molecule has 258 valence electrons. The number of nitrogens with zero attached hydrogens (tertiary/aromatic N) is 3. The molecule has 2 heterocycles. The molecule has 0 fully saturated rings. The minimum atomic E-state index is -0.537. The molecule has 3 aromatic rings. The van der Waals surface area contributed by atoms with Crippen molar-refractivity contribution in [1.82, 2.24) is 14.8 Å². The zero-order valence-corrected chi connectivity index (χ0v) is 28.3. The lowest BCUT2D eigenvalue weighted by atomic mass is 10.0. The smallest absolute Gasteiger partial charge is 0.321 e. The van der Waals surface area contributed by atoms with Crippen molar-refractivity contribution in [2.75, 3.05) is 51.1 Å². The number of rotatable bonds is 8. The van der Waals surface area contributed by atoms with Crippen LogP contribution in [0.15, 0.2) is 67.0 Å². The van der Waals surface area contributed by atoms with Crippen LogP contribution in [0.4, 0.5) is 16.2 Å². The lowest BCUT2D eigenvalue weighted by Gasteiger charge is -2.35. The number of hydrogen-bond donors (Lipinski definition) is 3. The maximum absolute atomic E-state index is 14.3. The third kappa shape index (κ3) is 9.91. The molecule has 0 saturated carbocycles. The van der Waals surface area contributed by atoms with Crippen LogP contribution >= 0.6 is 0 Å². The zero-order chi connectivity index (χ0) is 34.6. The molecule has 4 amide bonds. The van der Waals surface area contributed by atoms with Gasteiger partial charge in [0.1, 0.15) is 11.5 Å². The number of carbonyl (C=O) groups excluding carboxylic acids is 3. The van der Waals surface area contributed by atoms with Crippen LogP contribution < -0.4 is 20.1 Å². The molecule has 1 aliphatic heterocycles. The van der Waals surface area contributed by atoms with Gasteiger partial charge in [-0.05, 0) is 87.7 Å². The summed E-state index contributed by atoms with van der Waals surface area (Å²) in [7, 11) is 3.29. The average molecular weight is 662 g/mol. The van der Waals surface area contributed by atoms with E-state index in [0.717, 1.165) is 19.3 Å². The number of hydrogen-bond acceptors (Lipinski definition) is 8. The Kier molecular flexibility index (Phi) is 13.2. The monoisotopic (exact) mass is 661 g/mol. The Labute approximate surface area is 282 Å². The number of likely N-dealkylation sites (N-methyl/N-ethyl adjacent to an activating group) is 1. The van der Waals surface area contributed by atoms with Gasteiger partial charge in [-0.25, -0.2) is 4.79 Å². The molecule has 1 aliphatic rings. The number of aliphatic hydroxyl groups excluding tert-OH is 1. The maximum Gasteiger partial charge on any atom is 0.321 e. The van der Waals surface area contributed by atoms with E-state index in [-0.39, 0.29) is 55.1 Å². The predicted octanol–water partition coefficient (Wildman–Crippen LogP) is 5.30. The molecule has 12 nitrogen and oxygen atoms in total. The van der Waals surface area contributed by atoms with Gasteiger partial charge in [-0.3, -0.25) is 14.6 Å². The van der Waals surface area contributed by atoms with Crippen molar-refractivity contribution in [3.05, 3.63) is 78.1 Å². The molecule has 0 saturated heterocycles. The van der Waals surface area contributed by atoms with E-state index in [1.165, 1.54) is 12.4 Å². The normalized spacial score (nSPS) is 19.6. The SMILES string of the molecule is COc1ccc(NC(=O)N(C)C[C@H]2OCCCC[C@H](C)Oc3ccc(NC(=O)c4ccncc4)cc3C(=O)N([C@@H](C)CO)C[C@@H]2C)cc1.